The van der Waals surface area contributed by atoms with Crippen LogP contribution in [0, 0.1) is 18.8 Å². The smallest absolute Gasteiger partial charge is 0.118 e. The minimum Gasteiger partial charge on any atom is -0.465 e. The summed E-state index contributed by atoms with van der Waals surface area (Å²) in [6, 6.07) is 2.88. The summed E-state index contributed by atoms with van der Waals surface area (Å²) >= 11 is 0. The molecule has 1 saturated heterocycles. The highest BCUT2D eigenvalue weighted by molar-refractivity contribution is 5.20. The number of nitrogens with one attached hydrogen (secondary N) is 1. The van der Waals surface area contributed by atoms with E-state index < -0.39 is 0 Å². The molecule has 1 fully saturated rings. The first kappa shape index (κ1) is 15.6. The molecule has 1 aliphatic heterocycles. The summed E-state index contributed by atoms with van der Waals surface area (Å²) in [4.78, 5) is 2.58. The van der Waals surface area contributed by atoms with Crippen LogP contribution in [0.3, 0.4) is 0 Å². The Morgan fingerprint density at radius 3 is 2.80 bits per heavy atom. The first-order valence-corrected chi connectivity index (χ1v) is 8.04. The van der Waals surface area contributed by atoms with Gasteiger partial charge in [-0.1, -0.05) is 20.8 Å². The lowest BCUT2D eigenvalue weighted by molar-refractivity contribution is 0.0666. The Morgan fingerprint density at radius 1 is 1.35 bits per heavy atom. The first-order valence-electron chi connectivity index (χ1n) is 8.04. The average molecular weight is 278 g/mol. The van der Waals surface area contributed by atoms with Gasteiger partial charge in [0.2, 0.25) is 0 Å². The fourth-order valence-electron chi connectivity index (χ4n) is 3.34. The normalized spacial score (nSPS) is 27.9. The topological polar surface area (TPSA) is 28.4 Å². The largest absolute Gasteiger partial charge is 0.465 e. The van der Waals surface area contributed by atoms with E-state index >= 15 is 0 Å². The molecule has 3 heteroatoms. The lowest BCUT2D eigenvalue weighted by Crippen LogP contribution is -2.45. The minimum atomic E-state index is 0.647. The molecule has 1 aromatic heterocycles. The molecule has 2 heterocycles. The van der Waals surface area contributed by atoms with Gasteiger partial charge in [0.25, 0.3) is 0 Å². The number of furan rings is 1. The Balaban J connectivity index is 2.01. The van der Waals surface area contributed by atoms with E-state index in [1.54, 1.807) is 0 Å². The number of hydrogen-bond acceptors (Lipinski definition) is 3. The number of likely N-dealkylation sites (tertiary alicyclic amines) is 1. The second kappa shape index (κ2) is 6.77. The maximum atomic E-state index is 5.95. The molecular formula is C17H30N2O. The SMILES string of the molecule is CCNCc1cc(CN2CC(C)CC(C)C2C)oc1C. The predicted molar refractivity (Wildman–Crippen MR) is 83.6 cm³/mol. The molecule has 114 valence electrons. The molecule has 0 bridgehead atoms. The van der Waals surface area contributed by atoms with E-state index in [1.165, 1.54) is 18.5 Å². The van der Waals surface area contributed by atoms with Crippen molar-refractivity contribution in [3.05, 3.63) is 23.2 Å². The number of aryl methyl sites for hydroxylation is 1. The molecule has 3 atom stereocenters. The summed E-state index contributed by atoms with van der Waals surface area (Å²) in [5.41, 5.74) is 1.30. The summed E-state index contributed by atoms with van der Waals surface area (Å²) in [5, 5.41) is 3.37. The molecule has 1 aliphatic rings. The van der Waals surface area contributed by atoms with E-state index in [1.807, 2.05) is 0 Å². The second-order valence-electron chi connectivity index (χ2n) is 6.56. The van der Waals surface area contributed by atoms with Crippen LogP contribution in [0.5, 0.6) is 0 Å². The van der Waals surface area contributed by atoms with Crippen molar-refractivity contribution in [2.45, 2.75) is 60.2 Å². The van der Waals surface area contributed by atoms with Gasteiger partial charge in [0.15, 0.2) is 0 Å². The molecule has 0 amide bonds. The third-order valence-electron chi connectivity index (χ3n) is 4.72. The standard InChI is InChI=1S/C17H30N2O/c1-6-18-9-16-8-17(20-15(16)5)11-19-10-12(2)7-13(3)14(19)4/h8,12-14,18H,6-7,9-11H2,1-5H3. The molecule has 0 saturated carbocycles. The quantitative estimate of drug-likeness (QED) is 0.892. The average Bonchev–Trinajstić information content (AvgIpc) is 2.73. The molecule has 2 rings (SSSR count). The van der Waals surface area contributed by atoms with E-state index in [0.717, 1.165) is 43.0 Å². The summed E-state index contributed by atoms with van der Waals surface area (Å²) < 4.78 is 5.95. The maximum Gasteiger partial charge on any atom is 0.118 e. The van der Waals surface area contributed by atoms with Crippen LogP contribution in [0.25, 0.3) is 0 Å². The molecule has 1 aromatic rings. The van der Waals surface area contributed by atoms with E-state index in [-0.39, 0.29) is 0 Å². The third kappa shape index (κ3) is 3.64. The molecule has 0 aromatic carbocycles. The van der Waals surface area contributed by atoms with E-state index in [9.17, 15) is 0 Å². The lowest BCUT2D eigenvalue weighted by atomic mass is 9.86. The van der Waals surface area contributed by atoms with Crippen molar-refractivity contribution in [2.24, 2.45) is 11.8 Å². The number of piperidine rings is 1. The van der Waals surface area contributed by atoms with Crippen molar-refractivity contribution in [2.75, 3.05) is 13.1 Å². The van der Waals surface area contributed by atoms with Crippen LogP contribution in [0.1, 0.15) is 51.2 Å². The van der Waals surface area contributed by atoms with Gasteiger partial charge in [0.05, 0.1) is 6.54 Å². The van der Waals surface area contributed by atoms with Gasteiger partial charge in [-0.3, -0.25) is 4.90 Å². The van der Waals surface area contributed by atoms with Gasteiger partial charge in [0.1, 0.15) is 11.5 Å². The monoisotopic (exact) mass is 278 g/mol. The number of nitrogens with zero attached hydrogens (tertiary/aromatic N) is 1. The Bertz CT molecular complexity index is 427. The van der Waals surface area contributed by atoms with Crippen molar-refractivity contribution in [3.63, 3.8) is 0 Å². The first-order chi connectivity index (χ1) is 9.51. The van der Waals surface area contributed by atoms with E-state index in [4.69, 9.17) is 4.42 Å². The second-order valence-corrected chi connectivity index (χ2v) is 6.56. The Hall–Kier alpha value is -0.800. The Labute approximate surface area is 123 Å². The van der Waals surface area contributed by atoms with Gasteiger partial charge in [-0.15, -0.1) is 0 Å². The highest BCUT2D eigenvalue weighted by Crippen LogP contribution is 2.28. The van der Waals surface area contributed by atoms with Crippen LogP contribution in [0.15, 0.2) is 10.5 Å². The number of hydrogen-bond donors (Lipinski definition) is 1. The summed E-state index contributed by atoms with van der Waals surface area (Å²) in [5.74, 6) is 3.74. The zero-order chi connectivity index (χ0) is 14.7. The van der Waals surface area contributed by atoms with Crippen molar-refractivity contribution in [1.82, 2.24) is 10.2 Å². The maximum absolute atomic E-state index is 5.95. The molecule has 0 radical (unpaired) electrons. The molecule has 3 nitrogen and oxygen atoms in total. The van der Waals surface area contributed by atoms with Crippen molar-refractivity contribution < 1.29 is 4.42 Å². The zero-order valence-electron chi connectivity index (χ0n) is 13.7. The summed E-state index contributed by atoms with van der Waals surface area (Å²) in [6.07, 6.45) is 1.35. The van der Waals surface area contributed by atoms with Gasteiger partial charge in [-0.2, -0.15) is 0 Å². The van der Waals surface area contributed by atoms with Gasteiger partial charge >= 0.3 is 0 Å². The molecular weight excluding hydrogens is 248 g/mol. The molecule has 1 N–H and O–H groups in total. The highest BCUT2D eigenvalue weighted by Gasteiger charge is 2.29. The fourth-order valence-corrected chi connectivity index (χ4v) is 3.34. The summed E-state index contributed by atoms with van der Waals surface area (Å²) in [6.45, 7) is 15.3. The third-order valence-corrected chi connectivity index (χ3v) is 4.72. The van der Waals surface area contributed by atoms with Crippen LogP contribution in [-0.4, -0.2) is 24.0 Å². The van der Waals surface area contributed by atoms with Crippen molar-refractivity contribution in [3.8, 4) is 0 Å². The van der Waals surface area contributed by atoms with Crippen LogP contribution >= 0.6 is 0 Å². The van der Waals surface area contributed by atoms with Crippen LogP contribution in [-0.2, 0) is 13.1 Å². The molecule has 0 aliphatic carbocycles. The Morgan fingerprint density at radius 2 is 2.10 bits per heavy atom. The van der Waals surface area contributed by atoms with Crippen LogP contribution < -0.4 is 5.32 Å². The lowest BCUT2D eigenvalue weighted by Gasteiger charge is -2.40. The van der Waals surface area contributed by atoms with E-state index in [0.29, 0.717) is 6.04 Å². The highest BCUT2D eigenvalue weighted by atomic mass is 16.3. The predicted octanol–water partition coefficient (Wildman–Crippen LogP) is 3.56. The van der Waals surface area contributed by atoms with Gasteiger partial charge in [0, 0.05) is 24.7 Å². The van der Waals surface area contributed by atoms with Gasteiger partial charge in [-0.25, -0.2) is 0 Å². The Kier molecular flexibility index (Phi) is 5.28. The summed E-state index contributed by atoms with van der Waals surface area (Å²) in [7, 11) is 0. The van der Waals surface area contributed by atoms with E-state index in [2.05, 4.69) is 50.9 Å². The van der Waals surface area contributed by atoms with Crippen LogP contribution in [0.4, 0.5) is 0 Å². The molecule has 0 spiro atoms. The van der Waals surface area contributed by atoms with Crippen LogP contribution in [0.2, 0.25) is 0 Å². The minimum absolute atomic E-state index is 0.647. The fraction of sp³-hybridized carbons (Fsp3) is 0.765. The number of rotatable bonds is 5. The zero-order valence-corrected chi connectivity index (χ0v) is 13.7. The van der Waals surface area contributed by atoms with Gasteiger partial charge in [-0.05, 0) is 44.7 Å². The van der Waals surface area contributed by atoms with Crippen molar-refractivity contribution in [1.29, 1.82) is 0 Å². The van der Waals surface area contributed by atoms with Gasteiger partial charge < -0.3 is 9.73 Å². The van der Waals surface area contributed by atoms with Crippen molar-refractivity contribution >= 4 is 0 Å². The molecule has 3 unspecified atom stereocenters. The molecule has 20 heavy (non-hydrogen) atoms.